The topological polar surface area (TPSA) is 4.93 Å². The van der Waals surface area contributed by atoms with Crippen LogP contribution in [0.2, 0.25) is 0 Å². The molecule has 1 aromatic carbocycles. The molecular weight excluding hydrogens is 230 g/mol. The maximum absolute atomic E-state index is 2.46. The first-order valence-electron chi connectivity index (χ1n) is 7.78. The molecule has 2 aromatic rings. The van der Waals surface area contributed by atoms with Crippen LogP contribution in [-0.2, 0) is 12.5 Å². The quantitative estimate of drug-likeness (QED) is 0.734. The number of benzene rings is 1. The Morgan fingerprint density at radius 2 is 2.21 bits per heavy atom. The van der Waals surface area contributed by atoms with Gasteiger partial charge in [0.15, 0.2) is 0 Å². The lowest BCUT2D eigenvalue weighted by molar-refractivity contribution is 0.310. The first-order valence-corrected chi connectivity index (χ1v) is 7.78. The first kappa shape index (κ1) is 11.6. The van der Waals surface area contributed by atoms with Gasteiger partial charge in [-0.15, -0.1) is 0 Å². The van der Waals surface area contributed by atoms with E-state index in [-0.39, 0.29) is 0 Å². The molecule has 0 amide bonds. The van der Waals surface area contributed by atoms with Gasteiger partial charge in [0.1, 0.15) is 0 Å². The summed E-state index contributed by atoms with van der Waals surface area (Å²) in [4.78, 5) is 0. The van der Waals surface area contributed by atoms with Gasteiger partial charge in [0, 0.05) is 18.8 Å². The molecule has 2 aliphatic carbocycles. The number of hydrogen-bond acceptors (Lipinski definition) is 0. The van der Waals surface area contributed by atoms with E-state index < -0.39 is 0 Å². The number of fused-ring (bicyclic) bond motifs is 2. The zero-order chi connectivity index (χ0) is 13.0. The van der Waals surface area contributed by atoms with E-state index in [0.29, 0.717) is 5.41 Å². The van der Waals surface area contributed by atoms with Gasteiger partial charge in [-0.3, -0.25) is 0 Å². The van der Waals surface area contributed by atoms with Crippen LogP contribution < -0.4 is 0 Å². The minimum atomic E-state index is 0.565. The van der Waals surface area contributed by atoms with Crippen molar-refractivity contribution in [1.82, 2.24) is 4.57 Å². The maximum Gasteiger partial charge on any atom is 0.0477 e. The van der Waals surface area contributed by atoms with Crippen LogP contribution in [0.5, 0.6) is 0 Å². The number of hydrogen-bond donors (Lipinski definition) is 0. The van der Waals surface area contributed by atoms with Crippen molar-refractivity contribution in [2.45, 2.75) is 44.4 Å². The molecule has 2 fully saturated rings. The second kappa shape index (κ2) is 3.88. The van der Waals surface area contributed by atoms with Gasteiger partial charge in [-0.1, -0.05) is 19.4 Å². The Labute approximate surface area is 115 Å². The lowest BCUT2D eigenvalue weighted by Gasteiger charge is -2.28. The molecule has 0 spiro atoms. The predicted octanol–water partition coefficient (Wildman–Crippen LogP) is 4.65. The zero-order valence-corrected chi connectivity index (χ0v) is 12.0. The summed E-state index contributed by atoms with van der Waals surface area (Å²) in [6, 6.07) is 9.43. The summed E-state index contributed by atoms with van der Waals surface area (Å²) in [6.07, 6.45) is 9.34. The maximum atomic E-state index is 2.46. The molecule has 4 rings (SSSR count). The Balaban J connectivity index is 1.69. The Morgan fingerprint density at radius 1 is 1.32 bits per heavy atom. The third-order valence-corrected chi connectivity index (χ3v) is 5.89. The summed E-state index contributed by atoms with van der Waals surface area (Å²) in [5.74, 6) is 1.98. The van der Waals surface area contributed by atoms with Gasteiger partial charge in [-0.2, -0.15) is 0 Å². The van der Waals surface area contributed by atoms with Crippen LogP contribution in [0.15, 0.2) is 30.5 Å². The molecule has 3 atom stereocenters. The fourth-order valence-electron chi connectivity index (χ4n) is 4.44. The van der Waals surface area contributed by atoms with Crippen LogP contribution in [0.25, 0.3) is 10.9 Å². The molecule has 0 bridgehead atoms. The molecule has 19 heavy (non-hydrogen) atoms. The molecule has 1 nitrogen and oxygen atoms in total. The molecule has 2 saturated carbocycles. The highest BCUT2D eigenvalue weighted by Crippen LogP contribution is 2.63. The molecule has 3 unspecified atom stereocenters. The van der Waals surface area contributed by atoms with Crippen LogP contribution in [-0.4, -0.2) is 4.57 Å². The van der Waals surface area contributed by atoms with Gasteiger partial charge in [0.05, 0.1) is 0 Å². The smallest absolute Gasteiger partial charge is 0.0477 e. The van der Waals surface area contributed by atoms with E-state index in [2.05, 4.69) is 49.0 Å². The Hall–Kier alpha value is -1.24. The van der Waals surface area contributed by atoms with Crippen molar-refractivity contribution in [3.05, 3.63) is 36.0 Å². The Morgan fingerprint density at radius 3 is 3.00 bits per heavy atom. The van der Waals surface area contributed by atoms with E-state index in [9.17, 15) is 0 Å². The molecule has 1 heterocycles. The van der Waals surface area contributed by atoms with Crippen LogP contribution in [0.3, 0.4) is 0 Å². The van der Waals surface area contributed by atoms with E-state index in [4.69, 9.17) is 0 Å². The fraction of sp³-hybridized carbons (Fsp3) is 0.556. The van der Waals surface area contributed by atoms with Gasteiger partial charge >= 0.3 is 0 Å². The number of aromatic nitrogens is 1. The average Bonchev–Trinajstić information content (AvgIpc) is 3.08. The van der Waals surface area contributed by atoms with E-state index >= 15 is 0 Å². The molecule has 0 saturated heterocycles. The van der Waals surface area contributed by atoms with Gasteiger partial charge in [-0.25, -0.2) is 0 Å². The average molecular weight is 253 g/mol. The predicted molar refractivity (Wildman–Crippen MR) is 80.3 cm³/mol. The van der Waals surface area contributed by atoms with Gasteiger partial charge in [-0.05, 0) is 72.1 Å². The lowest BCUT2D eigenvalue weighted by atomic mass is 9.77. The molecular formula is C18H23N. The van der Waals surface area contributed by atoms with Crippen molar-refractivity contribution in [2.75, 3.05) is 0 Å². The lowest BCUT2D eigenvalue weighted by Crippen LogP contribution is -2.19. The highest BCUT2D eigenvalue weighted by atomic mass is 14.9. The van der Waals surface area contributed by atoms with Crippen LogP contribution >= 0.6 is 0 Å². The van der Waals surface area contributed by atoms with Crippen molar-refractivity contribution in [1.29, 1.82) is 0 Å². The summed E-state index contributed by atoms with van der Waals surface area (Å²) in [5.41, 5.74) is 3.54. The molecule has 2 aliphatic rings. The highest BCUT2D eigenvalue weighted by molar-refractivity contribution is 5.81. The van der Waals surface area contributed by atoms with Crippen molar-refractivity contribution in [3.63, 3.8) is 0 Å². The number of aryl methyl sites for hydroxylation is 1. The van der Waals surface area contributed by atoms with Gasteiger partial charge < -0.3 is 4.57 Å². The van der Waals surface area contributed by atoms with E-state index in [1.54, 1.807) is 5.56 Å². The fourth-order valence-corrected chi connectivity index (χ4v) is 4.44. The van der Waals surface area contributed by atoms with Crippen LogP contribution in [0, 0.1) is 11.8 Å². The third-order valence-electron chi connectivity index (χ3n) is 5.89. The van der Waals surface area contributed by atoms with Gasteiger partial charge in [0.25, 0.3) is 0 Å². The largest absolute Gasteiger partial charge is 0.351 e. The Bertz CT molecular complexity index is 624. The monoisotopic (exact) mass is 253 g/mol. The minimum absolute atomic E-state index is 0.565. The van der Waals surface area contributed by atoms with E-state index in [1.165, 1.54) is 43.0 Å². The SMILES string of the molecule is CCC1CCC2(c3ccc4c(ccn4C)c3)CC2C1. The van der Waals surface area contributed by atoms with Crippen molar-refractivity contribution in [3.8, 4) is 0 Å². The normalized spacial score (nSPS) is 33.4. The van der Waals surface area contributed by atoms with Crippen molar-refractivity contribution < 1.29 is 0 Å². The zero-order valence-electron chi connectivity index (χ0n) is 12.0. The summed E-state index contributed by atoms with van der Waals surface area (Å²) >= 11 is 0. The summed E-state index contributed by atoms with van der Waals surface area (Å²) in [7, 11) is 2.13. The second-order valence-electron chi connectivity index (χ2n) is 6.81. The van der Waals surface area contributed by atoms with Crippen LogP contribution in [0.1, 0.15) is 44.6 Å². The van der Waals surface area contributed by atoms with Crippen molar-refractivity contribution in [2.24, 2.45) is 18.9 Å². The second-order valence-corrected chi connectivity index (χ2v) is 6.81. The molecule has 0 N–H and O–H groups in total. The van der Waals surface area contributed by atoms with Gasteiger partial charge in [0.2, 0.25) is 0 Å². The molecule has 0 radical (unpaired) electrons. The summed E-state index contributed by atoms with van der Waals surface area (Å²) < 4.78 is 2.22. The standard InChI is InChI=1S/C18H23N/c1-3-13-6-8-18(12-16(18)10-13)15-4-5-17-14(11-15)7-9-19(17)2/h4-5,7,9,11,13,16H,3,6,8,10,12H2,1-2H3. The third kappa shape index (κ3) is 1.60. The number of rotatable bonds is 2. The molecule has 100 valence electrons. The van der Waals surface area contributed by atoms with Crippen molar-refractivity contribution >= 4 is 10.9 Å². The first-order chi connectivity index (χ1) is 9.23. The van der Waals surface area contributed by atoms with E-state index in [1.807, 2.05) is 0 Å². The molecule has 1 heteroatoms. The Kier molecular flexibility index (Phi) is 2.36. The molecule has 1 aromatic heterocycles. The van der Waals surface area contributed by atoms with E-state index in [0.717, 1.165) is 11.8 Å². The summed E-state index contributed by atoms with van der Waals surface area (Å²) in [5, 5.41) is 1.41. The van der Waals surface area contributed by atoms with Crippen LogP contribution in [0.4, 0.5) is 0 Å². The minimum Gasteiger partial charge on any atom is -0.351 e. The number of nitrogens with zero attached hydrogens (tertiary/aromatic N) is 1. The molecule has 0 aliphatic heterocycles. The highest BCUT2D eigenvalue weighted by Gasteiger charge is 2.57. The summed E-state index contributed by atoms with van der Waals surface area (Å²) in [6.45, 7) is 2.36.